The molecule has 3 nitrogen and oxygen atoms in total. The third kappa shape index (κ3) is 5.34. The Hall–Kier alpha value is -1.36. The van der Waals surface area contributed by atoms with Crippen LogP contribution in [0.5, 0.6) is 0 Å². The number of nitrogens with one attached hydrogen (secondary N) is 2. The summed E-state index contributed by atoms with van der Waals surface area (Å²) in [5, 5.41) is 6.68. The van der Waals surface area contributed by atoms with E-state index in [1.165, 1.54) is 0 Å². The lowest BCUT2D eigenvalue weighted by Gasteiger charge is -2.17. The minimum Gasteiger partial charge on any atom is -0.324 e. The van der Waals surface area contributed by atoms with Gasteiger partial charge in [-0.1, -0.05) is 52.7 Å². The third-order valence-electron chi connectivity index (χ3n) is 3.59. The number of rotatable bonds is 6. The minimum absolute atomic E-state index is 0.105. The maximum Gasteiger partial charge on any atom is 0.238 e. The zero-order valence-corrected chi connectivity index (χ0v) is 15.5. The van der Waals surface area contributed by atoms with Crippen molar-refractivity contribution in [2.75, 3.05) is 11.9 Å². The molecular weight excluding hydrogens is 376 g/mol. The maximum atomic E-state index is 12.1. The summed E-state index contributed by atoms with van der Waals surface area (Å²) in [4.78, 5) is 12.1. The number of aryl methyl sites for hydroxylation is 1. The number of carbonyl (C=O) groups is 1. The molecule has 0 aliphatic carbocycles. The smallest absolute Gasteiger partial charge is 0.238 e. The van der Waals surface area contributed by atoms with Gasteiger partial charge >= 0.3 is 0 Å². The van der Waals surface area contributed by atoms with E-state index in [0.717, 1.165) is 22.0 Å². The lowest BCUT2D eigenvalue weighted by atomic mass is 10.0. The zero-order chi connectivity index (χ0) is 16.8. The van der Waals surface area contributed by atoms with Crippen molar-refractivity contribution in [3.05, 3.63) is 63.1 Å². The van der Waals surface area contributed by atoms with E-state index in [4.69, 9.17) is 11.6 Å². The molecule has 0 aliphatic rings. The van der Waals surface area contributed by atoms with E-state index in [0.29, 0.717) is 10.7 Å². The average Bonchev–Trinajstić information content (AvgIpc) is 2.52. The van der Waals surface area contributed by atoms with Gasteiger partial charge in [0.2, 0.25) is 5.91 Å². The SMILES string of the molecule is CC[C@H](NCC(=O)Nc1ccc(C)cc1Cl)c1ccc(Br)cc1. The second-order valence-electron chi connectivity index (χ2n) is 5.42. The van der Waals surface area contributed by atoms with Crippen LogP contribution >= 0.6 is 27.5 Å². The van der Waals surface area contributed by atoms with Gasteiger partial charge in [-0.2, -0.15) is 0 Å². The highest BCUT2D eigenvalue weighted by Crippen LogP contribution is 2.23. The van der Waals surface area contributed by atoms with Crippen LogP contribution in [0.25, 0.3) is 0 Å². The molecule has 0 fully saturated rings. The number of amides is 1. The molecule has 0 unspecified atom stereocenters. The van der Waals surface area contributed by atoms with Crippen molar-refractivity contribution in [2.24, 2.45) is 0 Å². The van der Waals surface area contributed by atoms with Crippen LogP contribution in [0.1, 0.15) is 30.5 Å². The first-order chi connectivity index (χ1) is 11.0. The van der Waals surface area contributed by atoms with Crippen LogP contribution in [-0.4, -0.2) is 12.5 Å². The van der Waals surface area contributed by atoms with Gasteiger partial charge in [0.1, 0.15) is 0 Å². The van der Waals surface area contributed by atoms with Crippen LogP contribution in [-0.2, 0) is 4.79 Å². The summed E-state index contributed by atoms with van der Waals surface area (Å²) in [5.41, 5.74) is 2.87. The summed E-state index contributed by atoms with van der Waals surface area (Å²) >= 11 is 9.57. The molecule has 2 N–H and O–H groups in total. The van der Waals surface area contributed by atoms with Gasteiger partial charge in [-0.25, -0.2) is 0 Å². The molecule has 0 saturated carbocycles. The Bertz CT molecular complexity index is 673. The lowest BCUT2D eigenvalue weighted by Crippen LogP contribution is -2.31. The third-order valence-corrected chi connectivity index (χ3v) is 4.43. The highest BCUT2D eigenvalue weighted by molar-refractivity contribution is 9.10. The van der Waals surface area contributed by atoms with Gasteiger partial charge in [0, 0.05) is 10.5 Å². The fourth-order valence-electron chi connectivity index (χ4n) is 2.32. The van der Waals surface area contributed by atoms with Crippen LogP contribution < -0.4 is 10.6 Å². The number of halogens is 2. The van der Waals surface area contributed by atoms with E-state index in [1.807, 2.05) is 37.3 Å². The van der Waals surface area contributed by atoms with Crippen molar-refractivity contribution in [3.8, 4) is 0 Å². The highest BCUT2D eigenvalue weighted by Gasteiger charge is 2.11. The molecule has 23 heavy (non-hydrogen) atoms. The predicted molar refractivity (Wildman–Crippen MR) is 100.0 cm³/mol. The second kappa shape index (κ2) is 8.48. The monoisotopic (exact) mass is 394 g/mol. The van der Waals surface area contributed by atoms with Crippen LogP contribution in [0.2, 0.25) is 5.02 Å². The summed E-state index contributed by atoms with van der Waals surface area (Å²) < 4.78 is 1.04. The summed E-state index contributed by atoms with van der Waals surface area (Å²) in [6.07, 6.45) is 0.903. The number of hydrogen-bond donors (Lipinski definition) is 2. The Balaban J connectivity index is 1.93. The van der Waals surface area contributed by atoms with Gasteiger partial charge in [0.05, 0.1) is 17.3 Å². The van der Waals surface area contributed by atoms with Crippen molar-refractivity contribution in [1.82, 2.24) is 5.32 Å². The molecule has 122 valence electrons. The van der Waals surface area contributed by atoms with Crippen LogP contribution in [0.15, 0.2) is 46.9 Å². The van der Waals surface area contributed by atoms with Crippen molar-refractivity contribution in [2.45, 2.75) is 26.3 Å². The molecule has 0 aliphatic heterocycles. The molecule has 0 bridgehead atoms. The first kappa shape index (κ1) is 18.0. The van der Waals surface area contributed by atoms with Crippen molar-refractivity contribution >= 4 is 39.1 Å². The van der Waals surface area contributed by atoms with Gasteiger partial charge in [0.25, 0.3) is 0 Å². The van der Waals surface area contributed by atoms with E-state index in [1.54, 1.807) is 0 Å². The van der Waals surface area contributed by atoms with Crippen LogP contribution in [0, 0.1) is 6.92 Å². The Morgan fingerprint density at radius 2 is 1.91 bits per heavy atom. The molecule has 0 radical (unpaired) electrons. The van der Waals surface area contributed by atoms with E-state index >= 15 is 0 Å². The average molecular weight is 396 g/mol. The molecule has 1 amide bonds. The summed E-state index contributed by atoms with van der Waals surface area (Å²) in [6.45, 7) is 4.29. The van der Waals surface area contributed by atoms with Gasteiger partial charge < -0.3 is 10.6 Å². The fourth-order valence-corrected chi connectivity index (χ4v) is 2.87. The van der Waals surface area contributed by atoms with Crippen molar-refractivity contribution in [3.63, 3.8) is 0 Å². The van der Waals surface area contributed by atoms with E-state index in [2.05, 4.69) is 45.6 Å². The number of anilines is 1. The number of benzene rings is 2. The largest absolute Gasteiger partial charge is 0.324 e. The van der Waals surface area contributed by atoms with Crippen LogP contribution in [0.3, 0.4) is 0 Å². The van der Waals surface area contributed by atoms with E-state index in [9.17, 15) is 4.79 Å². The maximum absolute atomic E-state index is 12.1. The Morgan fingerprint density at radius 1 is 1.22 bits per heavy atom. The van der Waals surface area contributed by atoms with Gasteiger partial charge in [-0.15, -0.1) is 0 Å². The number of carbonyl (C=O) groups excluding carboxylic acids is 1. The molecule has 2 aromatic carbocycles. The summed E-state index contributed by atoms with van der Waals surface area (Å²) in [7, 11) is 0. The standard InChI is InChI=1S/C18H20BrClN2O/c1-3-16(13-5-7-14(19)8-6-13)21-11-18(23)22-17-9-4-12(2)10-15(17)20/h4-10,16,21H,3,11H2,1-2H3,(H,22,23)/t16-/m0/s1. The Labute approximate surface area is 150 Å². The molecule has 2 rings (SSSR count). The predicted octanol–water partition coefficient (Wildman–Crippen LogP) is 5.09. The molecule has 2 aromatic rings. The van der Waals surface area contributed by atoms with Crippen LogP contribution in [0.4, 0.5) is 5.69 Å². The normalized spacial score (nSPS) is 12.0. The summed E-state index contributed by atoms with van der Waals surface area (Å²) in [6, 6.07) is 13.8. The topological polar surface area (TPSA) is 41.1 Å². The molecule has 5 heteroatoms. The van der Waals surface area contributed by atoms with E-state index in [-0.39, 0.29) is 18.5 Å². The molecule has 0 spiro atoms. The lowest BCUT2D eigenvalue weighted by molar-refractivity contribution is -0.115. The minimum atomic E-state index is -0.105. The summed E-state index contributed by atoms with van der Waals surface area (Å²) in [5.74, 6) is -0.105. The second-order valence-corrected chi connectivity index (χ2v) is 6.75. The van der Waals surface area contributed by atoms with Crippen molar-refractivity contribution < 1.29 is 4.79 Å². The zero-order valence-electron chi connectivity index (χ0n) is 13.2. The Kier molecular flexibility index (Phi) is 6.63. The Morgan fingerprint density at radius 3 is 2.52 bits per heavy atom. The highest BCUT2D eigenvalue weighted by atomic mass is 79.9. The molecule has 0 aromatic heterocycles. The molecule has 0 heterocycles. The van der Waals surface area contributed by atoms with E-state index < -0.39 is 0 Å². The van der Waals surface area contributed by atoms with Gasteiger partial charge in [-0.3, -0.25) is 4.79 Å². The van der Waals surface area contributed by atoms with Gasteiger partial charge in [0.15, 0.2) is 0 Å². The molecular formula is C18H20BrClN2O. The van der Waals surface area contributed by atoms with Gasteiger partial charge in [-0.05, 0) is 48.7 Å². The molecule has 0 saturated heterocycles. The molecule has 1 atom stereocenters. The van der Waals surface area contributed by atoms with Crippen molar-refractivity contribution in [1.29, 1.82) is 0 Å². The number of hydrogen-bond acceptors (Lipinski definition) is 2. The first-order valence-corrected chi connectivity index (χ1v) is 8.71. The quantitative estimate of drug-likeness (QED) is 0.715. The fraction of sp³-hybridized carbons (Fsp3) is 0.278. The first-order valence-electron chi connectivity index (χ1n) is 7.54.